The normalized spacial score (nSPS) is 24.0. The van der Waals surface area contributed by atoms with Crippen LogP contribution in [-0.2, 0) is 9.59 Å². The van der Waals surface area contributed by atoms with Crippen LogP contribution in [0.15, 0.2) is 29.2 Å². The molecule has 0 aromatic carbocycles. The largest absolute Gasteiger partial charge is 0.339 e. The third-order valence-electron chi connectivity index (χ3n) is 7.50. The number of hydrogen-bond donors (Lipinski definition) is 3. The second-order valence-corrected chi connectivity index (χ2v) is 11.7. The topological polar surface area (TPSA) is 105 Å². The van der Waals surface area contributed by atoms with Gasteiger partial charge in [-0.15, -0.1) is 11.3 Å². The van der Waals surface area contributed by atoms with Crippen LogP contribution in [0.25, 0.3) is 0 Å². The third kappa shape index (κ3) is 4.89. The van der Waals surface area contributed by atoms with E-state index >= 15 is 0 Å². The molecule has 192 valence electrons. The molecular formula is C25H37N5O4S. The minimum absolute atomic E-state index is 0.00533. The molecule has 0 radical (unpaired) electrons. The number of hydroxylamine groups is 2. The summed E-state index contributed by atoms with van der Waals surface area (Å²) in [6, 6.07) is 3.70. The molecule has 10 heteroatoms. The molecule has 0 bridgehead atoms. The molecule has 1 aromatic heterocycles. The van der Waals surface area contributed by atoms with E-state index in [9.17, 15) is 19.6 Å². The predicted molar refractivity (Wildman–Crippen MR) is 134 cm³/mol. The Morgan fingerprint density at radius 1 is 1.03 bits per heavy atom. The van der Waals surface area contributed by atoms with E-state index < -0.39 is 16.6 Å². The van der Waals surface area contributed by atoms with E-state index in [2.05, 4.69) is 10.6 Å². The first-order chi connectivity index (χ1) is 16.5. The van der Waals surface area contributed by atoms with Gasteiger partial charge in [0.15, 0.2) is 0 Å². The Labute approximate surface area is 211 Å². The van der Waals surface area contributed by atoms with Crippen molar-refractivity contribution in [1.29, 1.82) is 0 Å². The smallest absolute Gasteiger partial charge is 0.263 e. The standard InChI is InChI=1S/C25H37N5O4S/c1-23(2)17-18(24(3,4)30(23)34)20(31)27-25(8-10-26-11-9-25)22(33)29-13-6-12-28(14-15-29)21(32)19-7-5-16-35-19/h5,7,16-17,26,34H,6,8-15H2,1-4H3,(H,27,31). The van der Waals surface area contributed by atoms with Gasteiger partial charge in [0.05, 0.1) is 16.0 Å². The van der Waals surface area contributed by atoms with Crippen molar-refractivity contribution in [3.8, 4) is 0 Å². The first kappa shape index (κ1) is 25.8. The fourth-order valence-electron chi connectivity index (χ4n) is 5.48. The molecule has 0 saturated carbocycles. The average molecular weight is 504 g/mol. The molecule has 3 aliphatic rings. The van der Waals surface area contributed by atoms with Crippen molar-refractivity contribution >= 4 is 29.1 Å². The van der Waals surface area contributed by atoms with E-state index in [0.717, 1.165) is 0 Å². The van der Waals surface area contributed by atoms with Crippen LogP contribution in [0.4, 0.5) is 0 Å². The van der Waals surface area contributed by atoms with Gasteiger partial charge in [0.25, 0.3) is 5.91 Å². The second kappa shape index (κ2) is 9.65. The molecule has 1 aromatic rings. The van der Waals surface area contributed by atoms with Gasteiger partial charge in [-0.05, 0) is 71.5 Å². The van der Waals surface area contributed by atoms with E-state index in [1.807, 2.05) is 41.2 Å². The molecule has 0 spiro atoms. The number of amides is 3. The average Bonchev–Trinajstić information content (AvgIpc) is 3.32. The van der Waals surface area contributed by atoms with Crippen LogP contribution >= 0.6 is 11.3 Å². The zero-order valence-corrected chi connectivity index (χ0v) is 21.9. The summed E-state index contributed by atoms with van der Waals surface area (Å²) >= 11 is 1.43. The number of piperidine rings is 1. The molecule has 3 N–H and O–H groups in total. The van der Waals surface area contributed by atoms with Gasteiger partial charge in [-0.25, -0.2) is 0 Å². The highest BCUT2D eigenvalue weighted by Crippen LogP contribution is 2.39. The predicted octanol–water partition coefficient (Wildman–Crippen LogP) is 1.85. The molecule has 3 aliphatic heterocycles. The lowest BCUT2D eigenvalue weighted by atomic mass is 9.85. The highest BCUT2D eigenvalue weighted by atomic mass is 32.1. The Bertz CT molecular complexity index is 998. The number of thiophene rings is 1. The van der Waals surface area contributed by atoms with Crippen molar-refractivity contribution in [1.82, 2.24) is 25.5 Å². The monoisotopic (exact) mass is 503 g/mol. The van der Waals surface area contributed by atoms with Gasteiger partial charge in [0, 0.05) is 31.8 Å². The highest BCUT2D eigenvalue weighted by Gasteiger charge is 2.50. The maximum absolute atomic E-state index is 13.9. The lowest BCUT2D eigenvalue weighted by Gasteiger charge is -2.41. The summed E-state index contributed by atoms with van der Waals surface area (Å²) in [6.45, 7) is 10.6. The maximum Gasteiger partial charge on any atom is 0.263 e. The Morgan fingerprint density at radius 2 is 1.69 bits per heavy atom. The quantitative estimate of drug-likeness (QED) is 0.579. The Kier molecular flexibility index (Phi) is 7.11. The van der Waals surface area contributed by atoms with Crippen molar-refractivity contribution in [3.05, 3.63) is 34.0 Å². The lowest BCUT2D eigenvalue weighted by molar-refractivity contribution is -0.186. The van der Waals surface area contributed by atoms with Gasteiger partial charge in [-0.1, -0.05) is 12.1 Å². The SMILES string of the molecule is CC1(C)C=C(C(=O)NC2(C(=O)N3CCCN(C(=O)c4cccs4)CC3)CCNCC2)C(C)(C)N1O. The number of carbonyl (C=O) groups excluding carboxylic acids is 3. The van der Waals surface area contributed by atoms with Crippen LogP contribution < -0.4 is 10.6 Å². The summed E-state index contributed by atoms with van der Waals surface area (Å²) in [7, 11) is 0. The number of hydrogen-bond acceptors (Lipinski definition) is 7. The van der Waals surface area contributed by atoms with Crippen LogP contribution in [0, 0.1) is 0 Å². The van der Waals surface area contributed by atoms with Crippen LogP contribution in [0.5, 0.6) is 0 Å². The minimum atomic E-state index is -1.01. The van der Waals surface area contributed by atoms with Gasteiger partial charge in [0.1, 0.15) is 5.54 Å². The summed E-state index contributed by atoms with van der Waals surface area (Å²) in [6.07, 6.45) is 3.45. The van der Waals surface area contributed by atoms with Crippen molar-refractivity contribution in [2.45, 2.75) is 63.6 Å². The Hall–Kier alpha value is -2.27. The Morgan fingerprint density at radius 3 is 2.29 bits per heavy atom. The summed E-state index contributed by atoms with van der Waals surface area (Å²) in [5.41, 5.74) is -2.13. The lowest BCUT2D eigenvalue weighted by Crippen LogP contribution is -2.64. The summed E-state index contributed by atoms with van der Waals surface area (Å²) in [4.78, 5) is 44.6. The minimum Gasteiger partial charge on any atom is -0.339 e. The first-order valence-electron chi connectivity index (χ1n) is 12.4. The van der Waals surface area contributed by atoms with Crippen LogP contribution in [0.3, 0.4) is 0 Å². The van der Waals surface area contributed by atoms with Crippen molar-refractivity contribution < 1.29 is 19.6 Å². The molecule has 9 nitrogen and oxygen atoms in total. The van der Waals surface area contributed by atoms with E-state index in [1.165, 1.54) is 16.4 Å². The molecule has 4 rings (SSSR count). The summed E-state index contributed by atoms with van der Waals surface area (Å²) in [5, 5.41) is 20.1. The zero-order chi connectivity index (χ0) is 25.4. The van der Waals surface area contributed by atoms with Gasteiger partial charge < -0.3 is 25.6 Å². The second-order valence-electron chi connectivity index (χ2n) is 10.8. The van der Waals surface area contributed by atoms with Crippen LogP contribution in [-0.4, -0.2) is 93.7 Å². The molecule has 35 heavy (non-hydrogen) atoms. The molecule has 0 aliphatic carbocycles. The number of carbonyl (C=O) groups is 3. The van der Waals surface area contributed by atoms with Crippen molar-refractivity contribution in [2.75, 3.05) is 39.3 Å². The van der Waals surface area contributed by atoms with Gasteiger partial charge in [-0.3, -0.25) is 14.4 Å². The zero-order valence-electron chi connectivity index (χ0n) is 21.1. The number of nitrogens with one attached hydrogen (secondary N) is 2. The maximum atomic E-state index is 13.9. The van der Waals surface area contributed by atoms with Crippen LogP contribution in [0.1, 0.15) is 56.6 Å². The van der Waals surface area contributed by atoms with E-state index in [0.29, 0.717) is 69.0 Å². The molecule has 4 heterocycles. The van der Waals surface area contributed by atoms with Gasteiger partial charge in [0.2, 0.25) is 11.8 Å². The van der Waals surface area contributed by atoms with E-state index in [4.69, 9.17) is 0 Å². The third-order valence-corrected chi connectivity index (χ3v) is 8.36. The fourth-order valence-corrected chi connectivity index (χ4v) is 6.17. The van der Waals surface area contributed by atoms with Gasteiger partial charge in [-0.2, -0.15) is 5.06 Å². The van der Waals surface area contributed by atoms with Crippen molar-refractivity contribution in [3.63, 3.8) is 0 Å². The summed E-state index contributed by atoms with van der Waals surface area (Å²) in [5.74, 6) is -0.403. The molecule has 0 atom stereocenters. The fraction of sp³-hybridized carbons (Fsp3) is 0.640. The number of rotatable bonds is 4. The molecular weight excluding hydrogens is 466 g/mol. The molecule has 2 saturated heterocycles. The first-order valence-corrected chi connectivity index (χ1v) is 13.2. The summed E-state index contributed by atoms with van der Waals surface area (Å²) < 4.78 is 0. The highest BCUT2D eigenvalue weighted by molar-refractivity contribution is 7.12. The van der Waals surface area contributed by atoms with E-state index in [-0.39, 0.29) is 17.7 Å². The number of nitrogens with zero attached hydrogens (tertiary/aromatic N) is 3. The molecule has 2 fully saturated rings. The molecule has 0 unspecified atom stereocenters. The van der Waals surface area contributed by atoms with Crippen molar-refractivity contribution in [2.24, 2.45) is 0 Å². The van der Waals surface area contributed by atoms with Gasteiger partial charge >= 0.3 is 0 Å². The van der Waals surface area contributed by atoms with E-state index in [1.54, 1.807) is 19.9 Å². The molecule has 3 amide bonds. The van der Waals surface area contributed by atoms with Crippen LogP contribution in [0.2, 0.25) is 0 Å². The Balaban J connectivity index is 1.51.